The Kier molecular flexibility index (Phi) is 4.55. The molecule has 6 nitrogen and oxygen atoms in total. The van der Waals surface area contributed by atoms with E-state index < -0.39 is 0 Å². The van der Waals surface area contributed by atoms with Gasteiger partial charge in [-0.15, -0.1) is 0 Å². The number of hydrogen-bond donors (Lipinski definition) is 0. The predicted molar refractivity (Wildman–Crippen MR) is 87.0 cm³/mol. The van der Waals surface area contributed by atoms with Gasteiger partial charge < -0.3 is 8.94 Å². The van der Waals surface area contributed by atoms with Crippen LogP contribution < -0.4 is 0 Å². The second-order valence-corrected chi connectivity index (χ2v) is 7.27. The molecule has 2 aromatic rings. The highest BCUT2D eigenvalue weighted by Gasteiger charge is 2.28. The van der Waals surface area contributed by atoms with Crippen molar-refractivity contribution in [3.05, 3.63) is 35.9 Å². The lowest BCUT2D eigenvalue weighted by molar-refractivity contribution is 0.0808. The largest absolute Gasteiger partial charge is 0.468 e. The average Bonchev–Trinajstić information content (AvgIpc) is 3.18. The molecule has 126 valence electrons. The molecule has 0 aliphatic carbocycles. The van der Waals surface area contributed by atoms with Gasteiger partial charge in [0.05, 0.1) is 18.8 Å². The van der Waals surface area contributed by atoms with E-state index >= 15 is 0 Å². The van der Waals surface area contributed by atoms with Crippen LogP contribution in [-0.4, -0.2) is 46.1 Å². The van der Waals surface area contributed by atoms with E-state index in [1.54, 1.807) is 6.26 Å². The molecule has 23 heavy (non-hydrogen) atoms. The van der Waals surface area contributed by atoms with Crippen LogP contribution in [-0.2, 0) is 12.0 Å². The number of rotatable bonds is 4. The van der Waals surface area contributed by atoms with Gasteiger partial charge in [-0.2, -0.15) is 4.98 Å². The monoisotopic (exact) mass is 318 g/mol. The fourth-order valence-electron chi connectivity index (χ4n) is 2.80. The van der Waals surface area contributed by atoms with Crippen LogP contribution in [0.25, 0.3) is 0 Å². The summed E-state index contributed by atoms with van der Waals surface area (Å²) in [6.07, 6.45) is 1.73. The first-order valence-electron chi connectivity index (χ1n) is 8.26. The molecule has 1 atom stereocenters. The van der Waals surface area contributed by atoms with Crippen LogP contribution in [0.1, 0.15) is 51.2 Å². The van der Waals surface area contributed by atoms with Gasteiger partial charge >= 0.3 is 0 Å². The highest BCUT2D eigenvalue weighted by molar-refractivity contribution is 5.02. The first kappa shape index (κ1) is 16.2. The van der Waals surface area contributed by atoms with Crippen LogP contribution in [0.4, 0.5) is 0 Å². The van der Waals surface area contributed by atoms with E-state index in [4.69, 9.17) is 8.94 Å². The Morgan fingerprint density at radius 1 is 1.22 bits per heavy atom. The van der Waals surface area contributed by atoms with Crippen LogP contribution in [0.3, 0.4) is 0 Å². The van der Waals surface area contributed by atoms with Crippen molar-refractivity contribution in [3.63, 3.8) is 0 Å². The zero-order valence-corrected chi connectivity index (χ0v) is 14.5. The molecule has 0 aromatic carbocycles. The van der Waals surface area contributed by atoms with Crippen molar-refractivity contribution in [1.29, 1.82) is 0 Å². The lowest BCUT2D eigenvalue weighted by Gasteiger charge is -2.36. The average molecular weight is 318 g/mol. The Morgan fingerprint density at radius 2 is 1.96 bits per heavy atom. The molecule has 0 saturated carbocycles. The van der Waals surface area contributed by atoms with Crippen LogP contribution in [0.15, 0.2) is 27.3 Å². The molecule has 1 fully saturated rings. The highest BCUT2D eigenvalue weighted by Crippen LogP contribution is 2.24. The summed E-state index contributed by atoms with van der Waals surface area (Å²) in [7, 11) is 0. The molecule has 3 heterocycles. The normalized spacial score (nSPS) is 19.1. The number of nitrogens with zero attached hydrogens (tertiary/aromatic N) is 4. The third-order valence-electron chi connectivity index (χ3n) is 4.38. The number of furan rings is 1. The van der Waals surface area contributed by atoms with E-state index in [1.807, 2.05) is 12.1 Å². The molecule has 0 N–H and O–H groups in total. The van der Waals surface area contributed by atoms with Gasteiger partial charge in [0, 0.05) is 31.6 Å². The second-order valence-electron chi connectivity index (χ2n) is 7.27. The van der Waals surface area contributed by atoms with Crippen LogP contribution >= 0.6 is 0 Å². The Bertz CT molecular complexity index is 607. The first-order chi connectivity index (χ1) is 10.9. The van der Waals surface area contributed by atoms with Gasteiger partial charge in [0.15, 0.2) is 5.82 Å². The van der Waals surface area contributed by atoms with Crippen molar-refractivity contribution >= 4 is 0 Å². The van der Waals surface area contributed by atoms with Crippen molar-refractivity contribution in [2.24, 2.45) is 0 Å². The number of hydrogen-bond acceptors (Lipinski definition) is 6. The second kappa shape index (κ2) is 6.45. The number of piperazine rings is 1. The van der Waals surface area contributed by atoms with Gasteiger partial charge in [0.2, 0.25) is 5.89 Å². The van der Waals surface area contributed by atoms with Crippen LogP contribution in [0.5, 0.6) is 0 Å². The highest BCUT2D eigenvalue weighted by atomic mass is 16.5. The SMILES string of the molecule is C[C@H](c1nc(C(C)(C)C)no1)N1CCN(Cc2ccco2)CC1. The minimum absolute atomic E-state index is 0.0802. The summed E-state index contributed by atoms with van der Waals surface area (Å²) in [5, 5.41) is 4.13. The molecule has 1 aliphatic rings. The summed E-state index contributed by atoms with van der Waals surface area (Å²) < 4.78 is 10.9. The van der Waals surface area contributed by atoms with E-state index in [2.05, 4.69) is 47.6 Å². The summed E-state index contributed by atoms with van der Waals surface area (Å²) in [6.45, 7) is 13.3. The third kappa shape index (κ3) is 3.82. The Balaban J connectivity index is 1.55. The molecule has 0 unspecified atom stereocenters. The quantitative estimate of drug-likeness (QED) is 0.864. The van der Waals surface area contributed by atoms with Crippen molar-refractivity contribution in [3.8, 4) is 0 Å². The first-order valence-corrected chi connectivity index (χ1v) is 8.26. The molecule has 1 saturated heterocycles. The van der Waals surface area contributed by atoms with Crippen molar-refractivity contribution in [2.45, 2.75) is 45.7 Å². The van der Waals surface area contributed by atoms with Crippen molar-refractivity contribution in [2.75, 3.05) is 26.2 Å². The van der Waals surface area contributed by atoms with Crippen LogP contribution in [0, 0.1) is 0 Å². The van der Waals surface area contributed by atoms with E-state index in [9.17, 15) is 0 Å². The van der Waals surface area contributed by atoms with Gasteiger partial charge in [-0.25, -0.2) is 0 Å². The molecular formula is C17H26N4O2. The van der Waals surface area contributed by atoms with E-state index in [0.29, 0.717) is 0 Å². The summed E-state index contributed by atoms with van der Waals surface area (Å²) in [4.78, 5) is 9.40. The molecule has 1 aliphatic heterocycles. The molecule has 0 bridgehead atoms. The third-order valence-corrected chi connectivity index (χ3v) is 4.38. The molecule has 6 heteroatoms. The van der Waals surface area contributed by atoms with Gasteiger partial charge in [-0.1, -0.05) is 25.9 Å². The molecule has 0 spiro atoms. The maximum absolute atomic E-state index is 5.49. The van der Waals surface area contributed by atoms with E-state index in [-0.39, 0.29) is 11.5 Å². The molecular weight excluding hydrogens is 292 g/mol. The summed E-state index contributed by atoms with van der Waals surface area (Å²) >= 11 is 0. The smallest absolute Gasteiger partial charge is 0.243 e. The zero-order chi connectivity index (χ0) is 16.4. The summed E-state index contributed by atoms with van der Waals surface area (Å²) in [5.74, 6) is 2.52. The van der Waals surface area contributed by atoms with Gasteiger partial charge in [0.1, 0.15) is 5.76 Å². The lowest BCUT2D eigenvalue weighted by Crippen LogP contribution is -2.46. The summed E-state index contributed by atoms with van der Waals surface area (Å²) in [6, 6.07) is 4.13. The van der Waals surface area contributed by atoms with Gasteiger partial charge in [-0.3, -0.25) is 9.80 Å². The maximum atomic E-state index is 5.49. The molecule has 0 amide bonds. The van der Waals surface area contributed by atoms with Crippen molar-refractivity contribution < 1.29 is 8.94 Å². The van der Waals surface area contributed by atoms with Crippen LogP contribution in [0.2, 0.25) is 0 Å². The topological polar surface area (TPSA) is 58.5 Å². The minimum atomic E-state index is -0.0802. The Labute approximate surface area is 137 Å². The minimum Gasteiger partial charge on any atom is -0.468 e. The lowest BCUT2D eigenvalue weighted by atomic mass is 9.96. The Morgan fingerprint density at radius 3 is 2.52 bits per heavy atom. The van der Waals surface area contributed by atoms with E-state index in [1.165, 1.54) is 0 Å². The van der Waals surface area contributed by atoms with Gasteiger partial charge in [-0.05, 0) is 19.1 Å². The van der Waals surface area contributed by atoms with Crippen molar-refractivity contribution in [1.82, 2.24) is 19.9 Å². The molecule has 3 rings (SSSR count). The maximum Gasteiger partial charge on any atom is 0.243 e. The van der Waals surface area contributed by atoms with Gasteiger partial charge in [0.25, 0.3) is 0 Å². The number of aromatic nitrogens is 2. The Hall–Kier alpha value is -1.66. The fourth-order valence-corrected chi connectivity index (χ4v) is 2.80. The fraction of sp³-hybridized carbons (Fsp3) is 0.647. The zero-order valence-electron chi connectivity index (χ0n) is 14.5. The molecule has 0 radical (unpaired) electrons. The predicted octanol–water partition coefficient (Wildman–Crippen LogP) is 2.84. The standard InChI is InChI=1S/C17H26N4O2/c1-13(15-18-16(19-23-15)17(2,3)4)21-9-7-20(8-10-21)12-14-6-5-11-22-14/h5-6,11,13H,7-10,12H2,1-4H3/t13-/m1/s1. The van der Waals surface area contributed by atoms with E-state index in [0.717, 1.165) is 50.2 Å². The molecule has 2 aromatic heterocycles. The summed E-state index contributed by atoms with van der Waals surface area (Å²) in [5.41, 5.74) is -0.0802.